The Morgan fingerprint density at radius 1 is 1.40 bits per heavy atom. The van der Waals surface area contributed by atoms with E-state index in [2.05, 4.69) is 0 Å². The van der Waals surface area contributed by atoms with Crippen LogP contribution in [0.15, 0.2) is 30.3 Å². The number of aliphatic hydroxyl groups is 1. The van der Waals surface area contributed by atoms with E-state index in [0.29, 0.717) is 25.0 Å². The van der Waals surface area contributed by atoms with Gasteiger partial charge in [-0.25, -0.2) is 0 Å². The zero-order valence-electron chi connectivity index (χ0n) is 8.85. The highest BCUT2D eigenvalue weighted by Crippen LogP contribution is 2.07. The van der Waals surface area contributed by atoms with Crippen LogP contribution in [-0.2, 0) is 4.74 Å². The molecule has 3 nitrogen and oxygen atoms in total. The Balaban J connectivity index is 2.46. The highest BCUT2D eigenvalue weighted by molar-refractivity contribution is 5.99. The molecule has 0 radical (unpaired) electrons. The molecule has 0 spiro atoms. The predicted octanol–water partition coefficient (Wildman–Crippen LogP) is 1.66. The number of aliphatic hydroxyl groups excluding tert-OH is 1. The van der Waals surface area contributed by atoms with Crippen LogP contribution in [0.25, 0.3) is 0 Å². The van der Waals surface area contributed by atoms with Crippen molar-refractivity contribution in [3.63, 3.8) is 0 Å². The number of benzene rings is 1. The van der Waals surface area contributed by atoms with Crippen LogP contribution in [0.4, 0.5) is 0 Å². The number of hydrogen-bond donors (Lipinski definition) is 1. The van der Waals surface area contributed by atoms with Gasteiger partial charge in [0.15, 0.2) is 5.78 Å². The second-order valence-electron chi connectivity index (χ2n) is 3.38. The maximum atomic E-state index is 11.6. The molecule has 0 aromatic heterocycles. The number of ether oxygens (including phenoxy) is 1. The van der Waals surface area contributed by atoms with E-state index < -0.39 is 6.10 Å². The maximum absolute atomic E-state index is 11.6. The van der Waals surface area contributed by atoms with Gasteiger partial charge in [0.25, 0.3) is 0 Å². The van der Waals surface area contributed by atoms with Gasteiger partial charge < -0.3 is 9.84 Å². The van der Waals surface area contributed by atoms with Crippen LogP contribution < -0.4 is 0 Å². The Labute approximate surface area is 89.7 Å². The first kappa shape index (κ1) is 11.9. The lowest BCUT2D eigenvalue weighted by Crippen LogP contribution is -2.20. The van der Waals surface area contributed by atoms with Crippen LogP contribution in [0.5, 0.6) is 0 Å². The molecule has 3 heteroatoms. The third kappa shape index (κ3) is 3.81. The molecule has 0 aliphatic heterocycles. The van der Waals surface area contributed by atoms with Crippen molar-refractivity contribution in [1.82, 2.24) is 0 Å². The van der Waals surface area contributed by atoms with Gasteiger partial charge >= 0.3 is 0 Å². The molecule has 0 aliphatic carbocycles. The second-order valence-corrected chi connectivity index (χ2v) is 3.38. The van der Waals surface area contributed by atoms with Crippen LogP contribution in [0.2, 0.25) is 0 Å². The molecular weight excluding hydrogens is 192 g/mol. The first-order valence-corrected chi connectivity index (χ1v) is 5.02. The Hall–Kier alpha value is -1.19. The number of carbonyl (C=O) groups is 1. The summed E-state index contributed by atoms with van der Waals surface area (Å²) in [6.45, 7) is 0.569. The van der Waals surface area contributed by atoms with Gasteiger partial charge in [-0.05, 0) is 12.8 Å². The number of Topliss-reactive ketones (excluding diaryl/α,β-unsaturated/α-hetero) is 1. The molecule has 15 heavy (non-hydrogen) atoms. The van der Waals surface area contributed by atoms with Crippen molar-refractivity contribution in [2.45, 2.75) is 18.9 Å². The fourth-order valence-electron chi connectivity index (χ4n) is 1.35. The summed E-state index contributed by atoms with van der Waals surface area (Å²) >= 11 is 0. The maximum Gasteiger partial charge on any atom is 0.191 e. The van der Waals surface area contributed by atoms with Gasteiger partial charge in [0.2, 0.25) is 0 Å². The van der Waals surface area contributed by atoms with E-state index in [1.165, 1.54) is 0 Å². The minimum absolute atomic E-state index is 0.216. The van der Waals surface area contributed by atoms with Crippen molar-refractivity contribution in [1.29, 1.82) is 0 Å². The predicted molar refractivity (Wildman–Crippen MR) is 57.9 cm³/mol. The average molecular weight is 208 g/mol. The summed E-state index contributed by atoms with van der Waals surface area (Å²) in [5, 5.41) is 9.59. The molecule has 0 amide bonds. The Bertz CT molecular complexity index is 295. The van der Waals surface area contributed by atoms with E-state index in [1.807, 2.05) is 6.07 Å². The number of hydrogen-bond acceptors (Lipinski definition) is 3. The average Bonchev–Trinajstić information content (AvgIpc) is 2.29. The molecule has 0 saturated heterocycles. The molecule has 1 unspecified atom stereocenters. The van der Waals surface area contributed by atoms with Crippen molar-refractivity contribution in [2.75, 3.05) is 13.7 Å². The van der Waals surface area contributed by atoms with E-state index in [9.17, 15) is 9.90 Å². The normalized spacial score (nSPS) is 12.4. The third-order valence-electron chi connectivity index (χ3n) is 2.19. The smallest absolute Gasteiger partial charge is 0.191 e. The van der Waals surface area contributed by atoms with E-state index >= 15 is 0 Å². The molecule has 1 rings (SSSR count). The van der Waals surface area contributed by atoms with Crippen molar-refractivity contribution in [2.24, 2.45) is 0 Å². The van der Waals surface area contributed by atoms with Crippen LogP contribution in [-0.4, -0.2) is 30.7 Å². The highest BCUT2D eigenvalue weighted by atomic mass is 16.5. The molecule has 0 bridgehead atoms. The quantitative estimate of drug-likeness (QED) is 0.571. The summed E-state index contributed by atoms with van der Waals surface area (Å²) in [4.78, 5) is 11.6. The van der Waals surface area contributed by atoms with Crippen molar-refractivity contribution < 1.29 is 14.6 Å². The fraction of sp³-hybridized carbons (Fsp3) is 0.417. The van der Waals surface area contributed by atoms with E-state index in [1.54, 1.807) is 31.4 Å². The van der Waals surface area contributed by atoms with Crippen LogP contribution in [0.3, 0.4) is 0 Å². The Morgan fingerprint density at radius 3 is 2.67 bits per heavy atom. The third-order valence-corrected chi connectivity index (χ3v) is 2.19. The molecule has 82 valence electrons. The molecule has 0 heterocycles. The highest BCUT2D eigenvalue weighted by Gasteiger charge is 2.15. The zero-order valence-corrected chi connectivity index (χ0v) is 8.85. The summed E-state index contributed by atoms with van der Waals surface area (Å²) in [5.41, 5.74) is 0.558. The molecule has 1 aromatic carbocycles. The van der Waals surface area contributed by atoms with Gasteiger partial charge in [0.05, 0.1) is 0 Å². The van der Waals surface area contributed by atoms with Crippen molar-refractivity contribution in [3.05, 3.63) is 35.9 Å². The molecule has 0 saturated carbocycles. The van der Waals surface area contributed by atoms with Crippen LogP contribution >= 0.6 is 0 Å². The number of carbonyl (C=O) groups excluding carboxylic acids is 1. The molecule has 1 atom stereocenters. The molecule has 1 N–H and O–H groups in total. The molecular formula is C12H16O3. The van der Waals surface area contributed by atoms with Gasteiger partial charge in [0, 0.05) is 19.3 Å². The monoisotopic (exact) mass is 208 g/mol. The number of ketones is 1. The number of rotatable bonds is 6. The first-order valence-electron chi connectivity index (χ1n) is 5.02. The SMILES string of the molecule is COCCCC(O)C(=O)c1ccccc1. The fourth-order valence-corrected chi connectivity index (χ4v) is 1.35. The van der Waals surface area contributed by atoms with Crippen molar-refractivity contribution in [3.8, 4) is 0 Å². The van der Waals surface area contributed by atoms with Gasteiger partial charge in [-0.1, -0.05) is 30.3 Å². The summed E-state index contributed by atoms with van der Waals surface area (Å²) in [6.07, 6.45) is 0.222. The molecule has 1 aromatic rings. The Morgan fingerprint density at radius 2 is 2.07 bits per heavy atom. The van der Waals surface area contributed by atoms with E-state index in [0.717, 1.165) is 0 Å². The lowest BCUT2D eigenvalue weighted by Gasteiger charge is -2.08. The summed E-state index contributed by atoms with van der Waals surface area (Å²) in [7, 11) is 1.60. The topological polar surface area (TPSA) is 46.5 Å². The van der Waals surface area contributed by atoms with Gasteiger partial charge in [-0.3, -0.25) is 4.79 Å². The van der Waals surface area contributed by atoms with Gasteiger partial charge in [-0.2, -0.15) is 0 Å². The summed E-state index contributed by atoms with van der Waals surface area (Å²) < 4.78 is 4.86. The lowest BCUT2D eigenvalue weighted by atomic mass is 10.0. The lowest BCUT2D eigenvalue weighted by molar-refractivity contribution is 0.0705. The minimum atomic E-state index is -0.914. The van der Waals surface area contributed by atoms with Gasteiger partial charge in [-0.15, -0.1) is 0 Å². The number of methoxy groups -OCH3 is 1. The van der Waals surface area contributed by atoms with Crippen LogP contribution in [0, 0.1) is 0 Å². The van der Waals surface area contributed by atoms with Crippen LogP contribution in [0.1, 0.15) is 23.2 Å². The largest absolute Gasteiger partial charge is 0.385 e. The van der Waals surface area contributed by atoms with Crippen molar-refractivity contribution >= 4 is 5.78 Å². The first-order chi connectivity index (χ1) is 7.25. The Kier molecular flexibility index (Phi) is 5.01. The molecule has 0 aliphatic rings. The van der Waals surface area contributed by atoms with E-state index in [4.69, 9.17) is 4.74 Å². The van der Waals surface area contributed by atoms with E-state index in [-0.39, 0.29) is 5.78 Å². The summed E-state index contributed by atoms with van der Waals surface area (Å²) in [5.74, 6) is -0.216. The van der Waals surface area contributed by atoms with Gasteiger partial charge in [0.1, 0.15) is 6.10 Å². The molecule has 0 fully saturated rings. The standard InChI is InChI=1S/C12H16O3/c1-15-9-5-8-11(13)12(14)10-6-3-2-4-7-10/h2-4,6-7,11,13H,5,8-9H2,1H3. The summed E-state index contributed by atoms with van der Waals surface area (Å²) in [6, 6.07) is 8.84. The zero-order chi connectivity index (χ0) is 11.1. The second kappa shape index (κ2) is 6.32. The minimum Gasteiger partial charge on any atom is -0.385 e.